The summed E-state index contributed by atoms with van der Waals surface area (Å²) in [6.07, 6.45) is 0. The summed E-state index contributed by atoms with van der Waals surface area (Å²) in [5, 5.41) is 4.76. The first-order valence-corrected chi connectivity index (χ1v) is 7.10. The number of halogens is 2. The molecule has 1 aromatic heterocycles. The second-order valence-electron chi connectivity index (χ2n) is 4.69. The Kier molecular flexibility index (Phi) is 3.62. The molecule has 1 heterocycles. The second-order valence-corrected chi connectivity index (χ2v) is 5.47. The van der Waals surface area contributed by atoms with Crippen LogP contribution in [0.5, 0.6) is 0 Å². The van der Waals surface area contributed by atoms with E-state index in [0.717, 1.165) is 16.7 Å². The van der Waals surface area contributed by atoms with E-state index in [1.165, 1.54) is 0 Å². The lowest BCUT2D eigenvalue weighted by Crippen LogP contribution is -1.91. The summed E-state index contributed by atoms with van der Waals surface area (Å²) < 4.78 is 5.41. The van der Waals surface area contributed by atoms with Crippen molar-refractivity contribution in [2.75, 3.05) is 5.73 Å². The van der Waals surface area contributed by atoms with Crippen molar-refractivity contribution in [2.24, 2.45) is 0 Å². The second kappa shape index (κ2) is 5.43. The van der Waals surface area contributed by atoms with Gasteiger partial charge < -0.3 is 10.3 Å². The van der Waals surface area contributed by atoms with Crippen LogP contribution in [-0.4, -0.2) is 5.16 Å². The Morgan fingerprint density at radius 3 is 2.48 bits per heavy atom. The van der Waals surface area contributed by atoms with E-state index in [0.29, 0.717) is 27.2 Å². The maximum absolute atomic E-state index is 6.28. The molecule has 0 saturated heterocycles. The molecular weight excluding hydrogens is 307 g/mol. The van der Waals surface area contributed by atoms with Crippen LogP contribution in [0.2, 0.25) is 10.0 Å². The van der Waals surface area contributed by atoms with Crippen LogP contribution >= 0.6 is 23.2 Å². The van der Waals surface area contributed by atoms with Crippen molar-refractivity contribution in [3.05, 3.63) is 58.1 Å². The van der Waals surface area contributed by atoms with Crippen LogP contribution in [0.3, 0.4) is 0 Å². The van der Waals surface area contributed by atoms with Gasteiger partial charge in [0.15, 0.2) is 11.6 Å². The third-order valence-electron chi connectivity index (χ3n) is 3.33. The summed E-state index contributed by atoms with van der Waals surface area (Å²) in [7, 11) is 0. The van der Waals surface area contributed by atoms with Gasteiger partial charge in [0.2, 0.25) is 0 Å². The highest BCUT2D eigenvalue weighted by Crippen LogP contribution is 2.42. The molecule has 0 unspecified atom stereocenters. The Balaban J connectivity index is 2.28. The monoisotopic (exact) mass is 318 g/mol. The molecule has 2 aromatic carbocycles. The van der Waals surface area contributed by atoms with Crippen LogP contribution in [0.15, 0.2) is 47.0 Å². The zero-order valence-corrected chi connectivity index (χ0v) is 12.7. The number of hydrogen-bond acceptors (Lipinski definition) is 3. The van der Waals surface area contributed by atoms with Gasteiger partial charge in [-0.05, 0) is 30.2 Å². The third-order valence-corrected chi connectivity index (χ3v) is 4.15. The number of rotatable bonds is 2. The van der Waals surface area contributed by atoms with E-state index in [-0.39, 0.29) is 0 Å². The largest absolute Gasteiger partial charge is 0.380 e. The molecule has 0 amide bonds. The lowest BCUT2D eigenvalue weighted by molar-refractivity contribution is 0.436. The van der Waals surface area contributed by atoms with Gasteiger partial charge >= 0.3 is 0 Å². The molecule has 0 aliphatic heterocycles. The van der Waals surface area contributed by atoms with Crippen molar-refractivity contribution < 1.29 is 4.52 Å². The van der Waals surface area contributed by atoms with Crippen LogP contribution in [0.25, 0.3) is 22.5 Å². The topological polar surface area (TPSA) is 52.0 Å². The fraction of sp³-hybridized carbons (Fsp3) is 0.0625. The summed E-state index contributed by atoms with van der Waals surface area (Å²) in [5.41, 5.74) is 9.43. The Morgan fingerprint density at radius 2 is 1.71 bits per heavy atom. The van der Waals surface area contributed by atoms with Gasteiger partial charge in [-0.2, -0.15) is 0 Å². The maximum atomic E-state index is 6.28. The Bertz CT molecular complexity index is 812. The molecule has 0 aliphatic carbocycles. The number of aryl methyl sites for hydroxylation is 1. The van der Waals surface area contributed by atoms with Crippen LogP contribution < -0.4 is 5.73 Å². The fourth-order valence-corrected chi connectivity index (χ4v) is 2.67. The van der Waals surface area contributed by atoms with Crippen molar-refractivity contribution in [1.29, 1.82) is 0 Å². The maximum Gasteiger partial charge on any atom is 0.178 e. The number of nitrogens with zero attached hydrogens (tertiary/aromatic N) is 1. The average Bonchev–Trinajstić information content (AvgIpc) is 2.84. The standard InChI is InChI=1S/C16H12Cl2N2O/c1-9-5-2-3-6-10(9)13-15(21-20-16(13)19)11-7-4-8-12(17)14(11)18/h2-8H,1H3,(H2,19,20). The van der Waals surface area contributed by atoms with E-state index in [1.807, 2.05) is 43.3 Å². The van der Waals surface area contributed by atoms with Gasteiger partial charge in [0.05, 0.1) is 15.6 Å². The molecular formula is C16H12Cl2N2O. The molecule has 3 aromatic rings. The molecule has 2 N–H and O–H groups in total. The van der Waals surface area contributed by atoms with E-state index >= 15 is 0 Å². The van der Waals surface area contributed by atoms with Crippen molar-refractivity contribution in [1.82, 2.24) is 5.16 Å². The first-order chi connectivity index (χ1) is 10.1. The van der Waals surface area contributed by atoms with E-state index in [1.54, 1.807) is 6.07 Å². The van der Waals surface area contributed by atoms with Gasteiger partial charge in [-0.25, -0.2) is 0 Å². The van der Waals surface area contributed by atoms with Gasteiger partial charge in [0.25, 0.3) is 0 Å². The first kappa shape index (κ1) is 14.0. The molecule has 0 radical (unpaired) electrons. The van der Waals surface area contributed by atoms with Crippen LogP contribution in [0, 0.1) is 6.92 Å². The highest BCUT2D eigenvalue weighted by Gasteiger charge is 2.21. The van der Waals surface area contributed by atoms with Crippen molar-refractivity contribution >= 4 is 29.0 Å². The molecule has 3 nitrogen and oxygen atoms in total. The number of nitrogen functional groups attached to an aromatic ring is 1. The van der Waals surface area contributed by atoms with E-state index in [9.17, 15) is 0 Å². The van der Waals surface area contributed by atoms with Crippen molar-refractivity contribution in [3.63, 3.8) is 0 Å². The van der Waals surface area contributed by atoms with Gasteiger partial charge in [-0.15, -0.1) is 0 Å². The Labute approximate surface area is 132 Å². The van der Waals surface area contributed by atoms with E-state index in [4.69, 9.17) is 33.5 Å². The predicted molar refractivity (Wildman–Crippen MR) is 86.5 cm³/mol. The van der Waals surface area contributed by atoms with Crippen LogP contribution in [0.4, 0.5) is 5.82 Å². The van der Waals surface area contributed by atoms with Crippen molar-refractivity contribution in [3.8, 4) is 22.5 Å². The normalized spacial score (nSPS) is 10.8. The average molecular weight is 319 g/mol. The van der Waals surface area contributed by atoms with Gasteiger partial charge in [-0.1, -0.05) is 58.7 Å². The van der Waals surface area contributed by atoms with Crippen LogP contribution in [0.1, 0.15) is 5.56 Å². The van der Waals surface area contributed by atoms with Gasteiger partial charge in [-0.3, -0.25) is 0 Å². The Hall–Kier alpha value is -1.97. The summed E-state index contributed by atoms with van der Waals surface area (Å²) >= 11 is 12.4. The zero-order chi connectivity index (χ0) is 15.0. The van der Waals surface area contributed by atoms with Gasteiger partial charge in [0, 0.05) is 5.56 Å². The van der Waals surface area contributed by atoms with Crippen LogP contribution in [-0.2, 0) is 0 Å². The molecule has 5 heteroatoms. The molecule has 0 saturated carbocycles. The third kappa shape index (κ3) is 2.39. The summed E-state index contributed by atoms with van der Waals surface area (Å²) in [6, 6.07) is 13.2. The molecule has 0 bridgehead atoms. The molecule has 0 spiro atoms. The summed E-state index contributed by atoms with van der Waals surface area (Å²) in [5.74, 6) is 0.852. The highest BCUT2D eigenvalue weighted by atomic mass is 35.5. The molecule has 21 heavy (non-hydrogen) atoms. The quantitative estimate of drug-likeness (QED) is 0.706. The summed E-state index contributed by atoms with van der Waals surface area (Å²) in [4.78, 5) is 0. The van der Waals surface area contributed by atoms with E-state index < -0.39 is 0 Å². The lowest BCUT2D eigenvalue weighted by atomic mass is 9.98. The van der Waals surface area contributed by atoms with Gasteiger partial charge in [0.1, 0.15) is 0 Å². The number of nitrogens with two attached hydrogens (primary N) is 1. The number of benzene rings is 2. The molecule has 0 aliphatic rings. The first-order valence-electron chi connectivity index (χ1n) is 6.35. The number of hydrogen-bond donors (Lipinski definition) is 1. The zero-order valence-electron chi connectivity index (χ0n) is 11.2. The van der Waals surface area contributed by atoms with Crippen molar-refractivity contribution in [2.45, 2.75) is 6.92 Å². The predicted octanol–water partition coefficient (Wildman–Crippen LogP) is 5.21. The molecule has 0 atom stereocenters. The summed E-state index contributed by atoms with van der Waals surface area (Å²) in [6.45, 7) is 2.01. The molecule has 0 fully saturated rings. The number of anilines is 1. The lowest BCUT2D eigenvalue weighted by Gasteiger charge is -2.08. The smallest absolute Gasteiger partial charge is 0.178 e. The SMILES string of the molecule is Cc1ccccc1-c1c(N)noc1-c1cccc(Cl)c1Cl. The minimum atomic E-state index is 0.329. The molecule has 106 valence electrons. The number of aromatic nitrogens is 1. The molecule has 3 rings (SSSR count). The van der Waals surface area contributed by atoms with E-state index in [2.05, 4.69) is 5.16 Å². The Morgan fingerprint density at radius 1 is 1.00 bits per heavy atom. The minimum absolute atomic E-state index is 0.329. The minimum Gasteiger partial charge on any atom is -0.380 e. The fourth-order valence-electron chi connectivity index (χ4n) is 2.28. The highest BCUT2D eigenvalue weighted by molar-refractivity contribution is 6.43.